The number of imidazole rings is 1. The van der Waals surface area contributed by atoms with Crippen molar-refractivity contribution in [1.29, 1.82) is 5.26 Å². The van der Waals surface area contributed by atoms with E-state index < -0.39 is 0 Å². The van der Waals surface area contributed by atoms with Crippen molar-refractivity contribution >= 4 is 46.0 Å². The van der Waals surface area contributed by atoms with Gasteiger partial charge in [0.05, 0.1) is 22.3 Å². The van der Waals surface area contributed by atoms with Crippen molar-refractivity contribution in [2.24, 2.45) is 0 Å². The lowest BCUT2D eigenvalue weighted by Crippen LogP contribution is -2.22. The Labute approximate surface area is 202 Å². The fraction of sp³-hybridized carbons (Fsp3) is 0. The minimum Gasteiger partial charge on any atom is -0.283 e. The summed E-state index contributed by atoms with van der Waals surface area (Å²) in [5, 5.41) is 10.6. The van der Waals surface area contributed by atoms with Gasteiger partial charge in [0.15, 0.2) is 17.0 Å². The Bertz CT molecular complexity index is 1630. The molecule has 0 fully saturated rings. The second kappa shape index (κ2) is 8.38. The van der Waals surface area contributed by atoms with Gasteiger partial charge >= 0.3 is 0 Å². The van der Waals surface area contributed by atoms with Crippen LogP contribution in [-0.4, -0.2) is 19.1 Å². The predicted octanol–water partition coefficient (Wildman–Crippen LogP) is 6.07. The summed E-state index contributed by atoms with van der Waals surface area (Å²) in [7, 11) is 0. The maximum atomic E-state index is 13.6. The van der Waals surface area contributed by atoms with E-state index in [9.17, 15) is 10.1 Å². The van der Waals surface area contributed by atoms with Crippen molar-refractivity contribution in [2.75, 3.05) is 0 Å². The van der Waals surface area contributed by atoms with Crippen LogP contribution in [0, 0.1) is 11.3 Å². The van der Waals surface area contributed by atoms with Gasteiger partial charge in [-0.3, -0.25) is 13.9 Å². The molecule has 0 radical (unpaired) electrons. The van der Waals surface area contributed by atoms with Crippen LogP contribution in [0.4, 0.5) is 0 Å². The second-order valence-corrected chi connectivity index (χ2v) is 8.41. The molecule has 5 aromatic rings. The lowest BCUT2D eigenvalue weighted by molar-refractivity contribution is 0.962. The quantitative estimate of drug-likeness (QED) is 0.306. The molecule has 2 heterocycles. The van der Waals surface area contributed by atoms with Crippen LogP contribution < -0.4 is 5.56 Å². The Morgan fingerprint density at radius 1 is 0.879 bits per heavy atom. The third-order valence-corrected chi connectivity index (χ3v) is 5.88. The average Bonchev–Trinajstić information content (AvgIpc) is 3.24. The number of nitrogens with zero attached hydrogens (tertiary/aromatic N) is 5. The zero-order chi connectivity index (χ0) is 23.1. The normalized spacial score (nSPS) is 11.0. The number of fused-ring (bicyclic) bond motifs is 1. The zero-order valence-electron chi connectivity index (χ0n) is 16.7. The van der Waals surface area contributed by atoms with Crippen molar-refractivity contribution in [1.82, 2.24) is 19.1 Å². The molecule has 0 aliphatic heterocycles. The van der Waals surface area contributed by atoms with Crippen LogP contribution >= 0.6 is 34.8 Å². The highest BCUT2D eigenvalue weighted by Crippen LogP contribution is 2.31. The molecule has 0 amide bonds. The van der Waals surface area contributed by atoms with E-state index in [2.05, 4.69) is 11.1 Å². The van der Waals surface area contributed by atoms with Gasteiger partial charge in [0.25, 0.3) is 5.56 Å². The van der Waals surface area contributed by atoms with E-state index in [-0.39, 0.29) is 11.1 Å². The number of hydrogen-bond donors (Lipinski definition) is 0. The SMILES string of the molecule is N#Cc1cccc(-n2cnc3c(=O)n(-c4ccc(Cl)cc4)c(-c4ccc(Cl)cc4Cl)nc32)c1. The highest BCUT2D eigenvalue weighted by molar-refractivity contribution is 6.36. The fourth-order valence-electron chi connectivity index (χ4n) is 3.55. The molecule has 33 heavy (non-hydrogen) atoms. The number of hydrogen-bond acceptors (Lipinski definition) is 4. The number of rotatable bonds is 3. The smallest absolute Gasteiger partial charge is 0.283 e. The van der Waals surface area contributed by atoms with E-state index in [1.165, 1.54) is 10.9 Å². The van der Waals surface area contributed by atoms with Crippen molar-refractivity contribution in [3.63, 3.8) is 0 Å². The van der Waals surface area contributed by atoms with Crippen LogP contribution in [-0.2, 0) is 0 Å². The maximum Gasteiger partial charge on any atom is 0.286 e. The Hall–Kier alpha value is -3.63. The molecule has 0 aliphatic rings. The van der Waals surface area contributed by atoms with Crippen LogP contribution in [0.1, 0.15) is 5.56 Å². The van der Waals surface area contributed by atoms with Crippen LogP contribution in [0.15, 0.2) is 77.9 Å². The van der Waals surface area contributed by atoms with Crippen LogP contribution in [0.25, 0.3) is 33.9 Å². The minimum atomic E-state index is -0.376. The largest absolute Gasteiger partial charge is 0.286 e. The highest BCUT2D eigenvalue weighted by atomic mass is 35.5. The van der Waals surface area contributed by atoms with Crippen molar-refractivity contribution < 1.29 is 0 Å². The van der Waals surface area contributed by atoms with Gasteiger partial charge in [0, 0.05) is 21.3 Å². The van der Waals surface area contributed by atoms with Gasteiger partial charge in [-0.05, 0) is 60.7 Å². The molecule has 0 saturated carbocycles. The Kier molecular flexibility index (Phi) is 5.39. The lowest BCUT2D eigenvalue weighted by atomic mass is 10.2. The van der Waals surface area contributed by atoms with Gasteiger partial charge in [-0.1, -0.05) is 40.9 Å². The van der Waals surface area contributed by atoms with Gasteiger partial charge in [0.1, 0.15) is 6.33 Å². The molecule has 9 heteroatoms. The molecule has 0 unspecified atom stereocenters. The lowest BCUT2D eigenvalue weighted by Gasteiger charge is -2.14. The first kappa shape index (κ1) is 21.2. The Morgan fingerprint density at radius 2 is 1.64 bits per heavy atom. The summed E-state index contributed by atoms with van der Waals surface area (Å²) in [6.07, 6.45) is 1.51. The molecule has 0 bridgehead atoms. The van der Waals surface area contributed by atoms with E-state index in [0.717, 1.165) is 0 Å². The van der Waals surface area contributed by atoms with Crippen LogP contribution in [0.5, 0.6) is 0 Å². The first-order valence-corrected chi connectivity index (χ1v) is 10.8. The third kappa shape index (κ3) is 3.77. The van der Waals surface area contributed by atoms with Gasteiger partial charge in [-0.15, -0.1) is 0 Å². The van der Waals surface area contributed by atoms with Crippen LogP contribution in [0.3, 0.4) is 0 Å². The summed E-state index contributed by atoms with van der Waals surface area (Å²) in [5.41, 5.74) is 2.33. The second-order valence-electron chi connectivity index (χ2n) is 7.13. The summed E-state index contributed by atoms with van der Waals surface area (Å²) in [6, 6.07) is 20.9. The maximum absolute atomic E-state index is 13.6. The summed E-state index contributed by atoms with van der Waals surface area (Å²) in [6.45, 7) is 0. The summed E-state index contributed by atoms with van der Waals surface area (Å²) in [4.78, 5) is 22.8. The number of aromatic nitrogens is 4. The molecule has 2 aromatic heterocycles. The molecule has 0 N–H and O–H groups in total. The van der Waals surface area contributed by atoms with Crippen molar-refractivity contribution in [2.45, 2.75) is 0 Å². The molecule has 160 valence electrons. The zero-order valence-corrected chi connectivity index (χ0v) is 19.0. The average molecular weight is 493 g/mol. The van der Waals surface area contributed by atoms with Gasteiger partial charge < -0.3 is 0 Å². The summed E-state index contributed by atoms with van der Waals surface area (Å²) >= 11 is 18.6. The third-order valence-electron chi connectivity index (χ3n) is 5.08. The molecule has 0 aliphatic carbocycles. The summed E-state index contributed by atoms with van der Waals surface area (Å²) < 4.78 is 3.11. The predicted molar refractivity (Wildman–Crippen MR) is 130 cm³/mol. The number of halogens is 3. The Balaban J connectivity index is 1.86. The van der Waals surface area contributed by atoms with E-state index >= 15 is 0 Å². The summed E-state index contributed by atoms with van der Waals surface area (Å²) in [5.74, 6) is 0.315. The van der Waals surface area contributed by atoms with E-state index in [1.807, 2.05) is 6.07 Å². The van der Waals surface area contributed by atoms with E-state index in [1.54, 1.807) is 65.2 Å². The molecular weight excluding hydrogens is 481 g/mol. The van der Waals surface area contributed by atoms with E-state index in [4.69, 9.17) is 39.8 Å². The van der Waals surface area contributed by atoms with Gasteiger partial charge in [-0.2, -0.15) is 5.26 Å². The molecule has 0 saturated heterocycles. The van der Waals surface area contributed by atoms with E-state index in [0.29, 0.717) is 49.0 Å². The van der Waals surface area contributed by atoms with Crippen molar-refractivity contribution in [3.8, 4) is 28.8 Å². The standard InChI is InChI=1S/C24H12Cl3N5O/c25-15-4-7-17(8-5-15)32-22(19-9-6-16(26)11-20(19)27)30-23-21(24(32)33)29-13-31(23)18-3-1-2-14(10-18)12-28/h1-11,13H. The first-order chi connectivity index (χ1) is 16.0. The van der Waals surface area contributed by atoms with Crippen molar-refractivity contribution in [3.05, 3.63) is 104 Å². The van der Waals surface area contributed by atoms with Gasteiger partial charge in [0.2, 0.25) is 0 Å². The van der Waals surface area contributed by atoms with Gasteiger partial charge in [-0.25, -0.2) is 9.97 Å². The number of benzene rings is 3. The first-order valence-electron chi connectivity index (χ1n) is 9.68. The minimum absolute atomic E-state index is 0.168. The molecule has 5 rings (SSSR count). The molecular formula is C24H12Cl3N5O. The molecule has 3 aromatic carbocycles. The highest BCUT2D eigenvalue weighted by Gasteiger charge is 2.20. The monoisotopic (exact) mass is 491 g/mol. The van der Waals surface area contributed by atoms with Crippen LogP contribution in [0.2, 0.25) is 15.1 Å². The molecule has 6 nitrogen and oxygen atoms in total. The number of nitriles is 1. The topological polar surface area (TPSA) is 76.5 Å². The molecule has 0 atom stereocenters. The fourth-order valence-corrected chi connectivity index (χ4v) is 4.17. The Morgan fingerprint density at radius 3 is 2.36 bits per heavy atom. The molecule has 0 spiro atoms.